The van der Waals surface area contributed by atoms with Crippen molar-refractivity contribution in [3.8, 4) is 0 Å². The van der Waals surface area contributed by atoms with Crippen LogP contribution in [0.4, 0.5) is 10.1 Å². The molecule has 0 saturated heterocycles. The lowest BCUT2D eigenvalue weighted by atomic mass is 10.1. The fourth-order valence-electron chi connectivity index (χ4n) is 2.03. The van der Waals surface area contributed by atoms with Crippen LogP contribution < -0.4 is 5.73 Å². The fraction of sp³-hybridized carbons (Fsp3) is 0.267. The number of halogens is 1. The number of hydrogen-bond acceptors (Lipinski definition) is 3. The Morgan fingerprint density at radius 2 is 1.89 bits per heavy atom. The summed E-state index contributed by atoms with van der Waals surface area (Å²) in [4.78, 5) is 6.45. The number of aryl methyl sites for hydroxylation is 1. The largest absolute Gasteiger partial charge is 0.396 e. The van der Waals surface area contributed by atoms with Gasteiger partial charge in [0.25, 0.3) is 0 Å². The van der Waals surface area contributed by atoms with Crippen molar-refractivity contribution in [1.29, 1.82) is 0 Å². The van der Waals surface area contributed by atoms with E-state index in [0.717, 1.165) is 11.4 Å². The summed E-state index contributed by atoms with van der Waals surface area (Å²) in [5.74, 6) is -0.327. The monoisotopic (exact) mass is 259 g/mol. The second kappa shape index (κ2) is 5.80. The summed E-state index contributed by atoms with van der Waals surface area (Å²) in [5.41, 5.74) is 8.33. The lowest BCUT2D eigenvalue weighted by molar-refractivity contribution is 0.310. The minimum Gasteiger partial charge on any atom is -0.396 e. The van der Waals surface area contributed by atoms with Gasteiger partial charge in [-0.05, 0) is 32.2 Å². The van der Waals surface area contributed by atoms with Gasteiger partial charge in [-0.2, -0.15) is 0 Å². The van der Waals surface area contributed by atoms with Gasteiger partial charge in [0.15, 0.2) is 5.82 Å². The fourth-order valence-corrected chi connectivity index (χ4v) is 2.03. The highest BCUT2D eigenvalue weighted by Gasteiger charge is 2.09. The summed E-state index contributed by atoms with van der Waals surface area (Å²) >= 11 is 0. The van der Waals surface area contributed by atoms with Gasteiger partial charge >= 0.3 is 0 Å². The van der Waals surface area contributed by atoms with Gasteiger partial charge < -0.3 is 5.73 Å². The third-order valence-corrected chi connectivity index (χ3v) is 2.93. The third-order valence-electron chi connectivity index (χ3n) is 2.93. The number of nitrogens with zero attached hydrogens (tertiary/aromatic N) is 2. The third kappa shape index (κ3) is 3.51. The molecule has 19 heavy (non-hydrogen) atoms. The van der Waals surface area contributed by atoms with Crippen LogP contribution >= 0.6 is 0 Å². The number of nitrogen functional groups attached to an aromatic ring is 1. The van der Waals surface area contributed by atoms with E-state index >= 15 is 0 Å². The highest BCUT2D eigenvalue weighted by molar-refractivity contribution is 5.42. The summed E-state index contributed by atoms with van der Waals surface area (Å²) in [7, 11) is 1.94. The van der Waals surface area contributed by atoms with Gasteiger partial charge in [-0.15, -0.1) is 0 Å². The Hall–Kier alpha value is -1.94. The van der Waals surface area contributed by atoms with Crippen LogP contribution in [0.15, 0.2) is 36.4 Å². The molecule has 0 radical (unpaired) electrons. The molecule has 3 nitrogen and oxygen atoms in total. The predicted molar refractivity (Wildman–Crippen MR) is 75.0 cm³/mol. The average Bonchev–Trinajstić information content (AvgIpc) is 2.35. The Kier molecular flexibility index (Phi) is 4.12. The molecule has 0 aliphatic carbocycles. The number of benzene rings is 1. The SMILES string of the molecule is Cc1cccc(CN(C)Cc2cccc(N)c2F)n1. The molecule has 1 heterocycles. The number of anilines is 1. The highest BCUT2D eigenvalue weighted by atomic mass is 19.1. The summed E-state index contributed by atoms with van der Waals surface area (Å²) in [6.45, 7) is 3.14. The Labute approximate surface area is 112 Å². The molecule has 1 aromatic heterocycles. The van der Waals surface area contributed by atoms with E-state index < -0.39 is 0 Å². The summed E-state index contributed by atoms with van der Waals surface area (Å²) in [5, 5.41) is 0. The van der Waals surface area contributed by atoms with Crippen LogP contribution in [0.25, 0.3) is 0 Å². The van der Waals surface area contributed by atoms with E-state index in [1.807, 2.05) is 37.1 Å². The quantitative estimate of drug-likeness (QED) is 0.858. The van der Waals surface area contributed by atoms with Crippen LogP contribution in [0.1, 0.15) is 17.0 Å². The molecule has 0 spiro atoms. The second-order valence-electron chi connectivity index (χ2n) is 4.76. The first-order chi connectivity index (χ1) is 9.06. The first-order valence-electron chi connectivity index (χ1n) is 6.20. The van der Waals surface area contributed by atoms with E-state index in [4.69, 9.17) is 5.73 Å². The van der Waals surface area contributed by atoms with Crippen molar-refractivity contribution in [2.75, 3.05) is 12.8 Å². The van der Waals surface area contributed by atoms with E-state index in [-0.39, 0.29) is 11.5 Å². The number of hydrogen-bond donors (Lipinski definition) is 1. The second-order valence-corrected chi connectivity index (χ2v) is 4.76. The minimum absolute atomic E-state index is 0.194. The van der Waals surface area contributed by atoms with Crippen molar-refractivity contribution >= 4 is 5.69 Å². The molecule has 100 valence electrons. The summed E-state index contributed by atoms with van der Waals surface area (Å²) < 4.78 is 13.8. The Morgan fingerprint density at radius 3 is 2.63 bits per heavy atom. The standard InChI is InChI=1S/C15H18FN3/c1-11-5-3-7-13(18-11)10-19(2)9-12-6-4-8-14(17)15(12)16/h3-8H,9-10,17H2,1-2H3. The highest BCUT2D eigenvalue weighted by Crippen LogP contribution is 2.16. The van der Waals surface area contributed by atoms with Gasteiger partial charge in [-0.25, -0.2) is 4.39 Å². The smallest absolute Gasteiger partial charge is 0.150 e. The Bertz CT molecular complexity index is 569. The number of aromatic nitrogens is 1. The van der Waals surface area contributed by atoms with Crippen molar-refractivity contribution in [1.82, 2.24) is 9.88 Å². The lowest BCUT2D eigenvalue weighted by Crippen LogP contribution is -2.19. The molecule has 2 rings (SSSR count). The van der Waals surface area contributed by atoms with Gasteiger partial charge in [0.05, 0.1) is 11.4 Å². The zero-order chi connectivity index (χ0) is 13.8. The topological polar surface area (TPSA) is 42.1 Å². The van der Waals surface area contributed by atoms with Crippen LogP contribution in [0.2, 0.25) is 0 Å². The van der Waals surface area contributed by atoms with Gasteiger partial charge in [-0.1, -0.05) is 18.2 Å². The van der Waals surface area contributed by atoms with Crippen molar-refractivity contribution < 1.29 is 4.39 Å². The van der Waals surface area contributed by atoms with Crippen LogP contribution in [0.3, 0.4) is 0 Å². The first-order valence-corrected chi connectivity index (χ1v) is 6.20. The summed E-state index contributed by atoms with van der Waals surface area (Å²) in [6, 6.07) is 11.0. The van der Waals surface area contributed by atoms with Crippen LogP contribution in [-0.4, -0.2) is 16.9 Å². The van der Waals surface area contributed by atoms with Gasteiger partial charge in [-0.3, -0.25) is 9.88 Å². The number of rotatable bonds is 4. The van der Waals surface area contributed by atoms with E-state index in [1.165, 1.54) is 0 Å². The zero-order valence-corrected chi connectivity index (χ0v) is 11.2. The molecule has 0 atom stereocenters. The van der Waals surface area contributed by atoms with Crippen molar-refractivity contribution in [3.05, 3.63) is 59.2 Å². The first kappa shape index (κ1) is 13.5. The van der Waals surface area contributed by atoms with Gasteiger partial charge in [0, 0.05) is 24.3 Å². The molecule has 0 amide bonds. The van der Waals surface area contributed by atoms with Crippen molar-refractivity contribution in [2.45, 2.75) is 20.0 Å². The number of pyridine rings is 1. The van der Waals surface area contributed by atoms with Gasteiger partial charge in [0.1, 0.15) is 0 Å². The van der Waals surface area contributed by atoms with E-state index in [9.17, 15) is 4.39 Å². The molecular formula is C15H18FN3. The molecule has 0 fully saturated rings. The molecule has 0 unspecified atom stereocenters. The molecule has 4 heteroatoms. The van der Waals surface area contributed by atoms with Crippen LogP contribution in [0.5, 0.6) is 0 Å². The van der Waals surface area contributed by atoms with Crippen molar-refractivity contribution in [3.63, 3.8) is 0 Å². The predicted octanol–water partition coefficient (Wildman–Crippen LogP) is 2.74. The lowest BCUT2D eigenvalue weighted by Gasteiger charge is -2.17. The molecule has 0 saturated carbocycles. The maximum absolute atomic E-state index is 13.8. The number of nitrogens with two attached hydrogens (primary N) is 1. The van der Waals surface area contributed by atoms with Crippen molar-refractivity contribution in [2.24, 2.45) is 0 Å². The zero-order valence-electron chi connectivity index (χ0n) is 11.2. The molecule has 2 N–H and O–H groups in total. The molecule has 1 aromatic carbocycles. The van der Waals surface area contributed by atoms with Crippen LogP contribution in [-0.2, 0) is 13.1 Å². The molecule has 0 aliphatic rings. The Balaban J connectivity index is 2.05. The van der Waals surface area contributed by atoms with E-state index in [2.05, 4.69) is 4.98 Å². The van der Waals surface area contributed by atoms with E-state index in [1.54, 1.807) is 18.2 Å². The molecule has 0 bridgehead atoms. The molecular weight excluding hydrogens is 241 g/mol. The average molecular weight is 259 g/mol. The Morgan fingerprint density at radius 1 is 1.16 bits per heavy atom. The molecule has 2 aromatic rings. The van der Waals surface area contributed by atoms with E-state index in [0.29, 0.717) is 18.7 Å². The maximum Gasteiger partial charge on any atom is 0.150 e. The minimum atomic E-state index is -0.327. The normalized spacial score (nSPS) is 10.9. The van der Waals surface area contributed by atoms with Gasteiger partial charge in [0.2, 0.25) is 0 Å². The van der Waals surface area contributed by atoms with Crippen LogP contribution in [0, 0.1) is 12.7 Å². The maximum atomic E-state index is 13.8. The summed E-state index contributed by atoms with van der Waals surface area (Å²) in [6.07, 6.45) is 0. The molecule has 0 aliphatic heterocycles.